The number of anilines is 1. The zero-order chi connectivity index (χ0) is 16.9. The van der Waals surface area contributed by atoms with Crippen molar-refractivity contribution >= 4 is 11.6 Å². The highest BCUT2D eigenvalue weighted by molar-refractivity contribution is 5.92. The molecule has 2 aromatic carbocycles. The second-order valence-corrected chi connectivity index (χ2v) is 4.54. The van der Waals surface area contributed by atoms with Crippen LogP contribution in [-0.2, 0) is 11.0 Å². The molecule has 0 aliphatic rings. The van der Waals surface area contributed by atoms with E-state index in [-0.39, 0.29) is 12.2 Å². The number of nitriles is 1. The molecule has 0 saturated carbocycles. The SMILES string of the molecule is N#CCC(=O)Nc1ccc(Oc2cccc(C(F)(F)F)c2)cc1. The molecule has 23 heavy (non-hydrogen) atoms. The summed E-state index contributed by atoms with van der Waals surface area (Å²) in [5.41, 5.74) is -0.336. The molecule has 2 rings (SSSR count). The van der Waals surface area contributed by atoms with Crippen LogP contribution in [0.1, 0.15) is 12.0 Å². The van der Waals surface area contributed by atoms with E-state index in [1.807, 2.05) is 0 Å². The van der Waals surface area contributed by atoms with Crippen LogP contribution in [0.4, 0.5) is 18.9 Å². The topological polar surface area (TPSA) is 62.1 Å². The summed E-state index contributed by atoms with van der Waals surface area (Å²) < 4.78 is 43.2. The summed E-state index contributed by atoms with van der Waals surface area (Å²) >= 11 is 0. The molecule has 1 amide bonds. The predicted octanol–water partition coefficient (Wildman–Crippen LogP) is 4.35. The maximum Gasteiger partial charge on any atom is 0.416 e. The van der Waals surface area contributed by atoms with Gasteiger partial charge in [0, 0.05) is 5.69 Å². The van der Waals surface area contributed by atoms with Gasteiger partial charge < -0.3 is 10.1 Å². The van der Waals surface area contributed by atoms with Gasteiger partial charge in [-0.15, -0.1) is 0 Å². The van der Waals surface area contributed by atoms with Crippen molar-refractivity contribution in [2.75, 3.05) is 5.32 Å². The number of halogens is 3. The Hall–Kier alpha value is -3.01. The van der Waals surface area contributed by atoms with Crippen molar-refractivity contribution in [3.05, 3.63) is 54.1 Å². The number of rotatable bonds is 4. The largest absolute Gasteiger partial charge is 0.457 e. The highest BCUT2D eigenvalue weighted by Gasteiger charge is 2.30. The Bertz CT molecular complexity index is 734. The van der Waals surface area contributed by atoms with Crippen LogP contribution in [0.3, 0.4) is 0 Å². The number of ether oxygens (including phenoxy) is 1. The lowest BCUT2D eigenvalue weighted by Crippen LogP contribution is -2.09. The number of nitrogens with zero attached hydrogens (tertiary/aromatic N) is 1. The van der Waals surface area contributed by atoms with E-state index < -0.39 is 17.6 Å². The molecule has 0 spiro atoms. The fraction of sp³-hybridized carbons (Fsp3) is 0.125. The number of nitrogens with one attached hydrogen (secondary N) is 1. The van der Waals surface area contributed by atoms with E-state index in [0.29, 0.717) is 11.4 Å². The maximum atomic E-state index is 12.6. The van der Waals surface area contributed by atoms with Crippen LogP contribution in [0.5, 0.6) is 11.5 Å². The van der Waals surface area contributed by atoms with Gasteiger partial charge in [-0.05, 0) is 42.5 Å². The minimum Gasteiger partial charge on any atom is -0.457 e. The van der Waals surface area contributed by atoms with Crippen molar-refractivity contribution in [3.63, 3.8) is 0 Å². The van der Waals surface area contributed by atoms with Gasteiger partial charge >= 0.3 is 6.18 Å². The third-order valence-corrected chi connectivity index (χ3v) is 2.77. The molecule has 0 aromatic heterocycles. The summed E-state index contributed by atoms with van der Waals surface area (Å²) in [6.45, 7) is 0. The summed E-state index contributed by atoms with van der Waals surface area (Å²) in [6.07, 6.45) is -4.70. The van der Waals surface area contributed by atoms with E-state index in [9.17, 15) is 18.0 Å². The lowest BCUT2D eigenvalue weighted by molar-refractivity contribution is -0.137. The highest BCUT2D eigenvalue weighted by Crippen LogP contribution is 2.32. The number of hydrogen-bond acceptors (Lipinski definition) is 3. The lowest BCUT2D eigenvalue weighted by atomic mass is 10.2. The molecule has 7 heteroatoms. The molecule has 118 valence electrons. The number of carbonyl (C=O) groups is 1. The Morgan fingerprint density at radius 1 is 1.13 bits per heavy atom. The standard InChI is InChI=1S/C16H11F3N2O2/c17-16(18,19)11-2-1-3-14(10-11)23-13-6-4-12(5-7-13)21-15(22)8-9-20/h1-7,10H,8H2,(H,21,22). The molecule has 0 aliphatic carbocycles. The Labute approximate surface area is 130 Å². The zero-order valence-electron chi connectivity index (χ0n) is 11.7. The first-order valence-corrected chi connectivity index (χ1v) is 6.50. The van der Waals surface area contributed by atoms with Gasteiger partial charge in [0.1, 0.15) is 17.9 Å². The average Bonchev–Trinajstić information content (AvgIpc) is 2.49. The van der Waals surface area contributed by atoms with Crippen molar-refractivity contribution in [2.24, 2.45) is 0 Å². The van der Waals surface area contributed by atoms with Crippen LogP contribution < -0.4 is 10.1 Å². The van der Waals surface area contributed by atoms with Gasteiger partial charge in [-0.3, -0.25) is 4.79 Å². The van der Waals surface area contributed by atoms with Gasteiger partial charge in [0.05, 0.1) is 11.6 Å². The third kappa shape index (κ3) is 4.74. The molecule has 1 N–H and O–H groups in total. The highest BCUT2D eigenvalue weighted by atomic mass is 19.4. The fourth-order valence-corrected chi connectivity index (χ4v) is 1.76. The van der Waals surface area contributed by atoms with E-state index in [1.165, 1.54) is 36.4 Å². The van der Waals surface area contributed by atoms with Crippen LogP contribution in [0.15, 0.2) is 48.5 Å². The summed E-state index contributed by atoms with van der Waals surface area (Å²) in [4.78, 5) is 11.2. The molecule has 0 aliphatic heterocycles. The smallest absolute Gasteiger partial charge is 0.416 e. The molecule has 0 fully saturated rings. The Morgan fingerprint density at radius 3 is 2.43 bits per heavy atom. The fourth-order valence-electron chi connectivity index (χ4n) is 1.76. The van der Waals surface area contributed by atoms with Gasteiger partial charge in [0.15, 0.2) is 0 Å². The van der Waals surface area contributed by atoms with E-state index in [1.54, 1.807) is 6.07 Å². The number of benzene rings is 2. The normalized spacial score (nSPS) is 10.7. The van der Waals surface area contributed by atoms with Crippen molar-refractivity contribution in [1.82, 2.24) is 0 Å². The first-order chi connectivity index (χ1) is 10.9. The van der Waals surface area contributed by atoms with Gasteiger partial charge in [0.2, 0.25) is 5.91 Å². The number of hydrogen-bond donors (Lipinski definition) is 1. The van der Waals surface area contributed by atoms with Crippen LogP contribution >= 0.6 is 0 Å². The van der Waals surface area contributed by atoms with Crippen LogP contribution in [0.2, 0.25) is 0 Å². The molecule has 0 atom stereocenters. The average molecular weight is 320 g/mol. The van der Waals surface area contributed by atoms with Gasteiger partial charge in [-0.2, -0.15) is 18.4 Å². The van der Waals surface area contributed by atoms with Gasteiger partial charge in [0.25, 0.3) is 0 Å². The summed E-state index contributed by atoms with van der Waals surface area (Å²) in [7, 11) is 0. The quantitative estimate of drug-likeness (QED) is 0.911. The molecular formula is C16H11F3N2O2. The minimum atomic E-state index is -4.44. The van der Waals surface area contributed by atoms with Gasteiger partial charge in [-0.25, -0.2) is 0 Å². The Balaban J connectivity index is 2.07. The molecule has 4 nitrogen and oxygen atoms in total. The van der Waals surface area contributed by atoms with Gasteiger partial charge in [-0.1, -0.05) is 6.07 Å². The van der Waals surface area contributed by atoms with Crippen molar-refractivity contribution in [1.29, 1.82) is 5.26 Å². The number of alkyl halides is 3. The lowest BCUT2D eigenvalue weighted by Gasteiger charge is -2.10. The zero-order valence-corrected chi connectivity index (χ0v) is 11.7. The predicted molar refractivity (Wildman–Crippen MR) is 76.8 cm³/mol. The van der Waals surface area contributed by atoms with E-state index in [0.717, 1.165) is 12.1 Å². The van der Waals surface area contributed by atoms with E-state index in [4.69, 9.17) is 10.00 Å². The van der Waals surface area contributed by atoms with Crippen molar-refractivity contribution in [2.45, 2.75) is 12.6 Å². The van der Waals surface area contributed by atoms with Crippen LogP contribution in [0.25, 0.3) is 0 Å². The molecule has 0 heterocycles. The number of amides is 1. The third-order valence-electron chi connectivity index (χ3n) is 2.77. The monoisotopic (exact) mass is 320 g/mol. The maximum absolute atomic E-state index is 12.6. The van der Waals surface area contributed by atoms with E-state index in [2.05, 4.69) is 5.32 Å². The second-order valence-electron chi connectivity index (χ2n) is 4.54. The van der Waals surface area contributed by atoms with Crippen molar-refractivity contribution in [3.8, 4) is 17.6 Å². The summed E-state index contributed by atoms with van der Waals surface area (Å²) in [5.74, 6) is -0.0669. The first kappa shape index (κ1) is 16.4. The molecular weight excluding hydrogens is 309 g/mol. The molecule has 0 bridgehead atoms. The second kappa shape index (κ2) is 6.83. The molecule has 0 saturated heterocycles. The number of carbonyl (C=O) groups excluding carboxylic acids is 1. The Kier molecular flexibility index (Phi) is 4.86. The summed E-state index contributed by atoms with van der Waals surface area (Å²) in [6, 6.07) is 12.3. The summed E-state index contributed by atoms with van der Waals surface area (Å²) in [5, 5.41) is 10.9. The first-order valence-electron chi connectivity index (χ1n) is 6.50. The molecule has 0 unspecified atom stereocenters. The minimum absolute atomic E-state index is 0.0566. The molecule has 2 aromatic rings. The van der Waals surface area contributed by atoms with Crippen molar-refractivity contribution < 1.29 is 22.7 Å². The molecule has 0 radical (unpaired) electrons. The van der Waals surface area contributed by atoms with Crippen LogP contribution in [0, 0.1) is 11.3 Å². The van der Waals surface area contributed by atoms with E-state index >= 15 is 0 Å². The Morgan fingerprint density at radius 2 is 1.83 bits per heavy atom. The van der Waals surface area contributed by atoms with Crippen LogP contribution in [-0.4, -0.2) is 5.91 Å².